The van der Waals surface area contributed by atoms with Crippen LogP contribution in [0, 0.1) is 0 Å². The van der Waals surface area contributed by atoms with E-state index in [0.717, 1.165) is 34.0 Å². The van der Waals surface area contributed by atoms with Crippen LogP contribution in [-0.4, -0.2) is 27.8 Å². The topological polar surface area (TPSA) is 114 Å². The lowest BCUT2D eigenvalue weighted by Crippen LogP contribution is -2.22. The zero-order valence-electron chi connectivity index (χ0n) is 15.7. The maximum Gasteiger partial charge on any atom is 0.338 e. The van der Waals surface area contributed by atoms with Gasteiger partial charge in [0.1, 0.15) is 0 Å². The molecule has 0 bridgehead atoms. The number of aromatic hydroxyl groups is 2. The Balaban J connectivity index is 1.68. The molecule has 1 aromatic heterocycles. The van der Waals surface area contributed by atoms with Crippen molar-refractivity contribution in [2.75, 3.05) is 4.72 Å². The molecule has 3 N–H and O–H groups in total. The molecule has 2 aromatic carbocycles. The number of imidazole rings is 1. The van der Waals surface area contributed by atoms with E-state index in [2.05, 4.69) is 4.72 Å². The van der Waals surface area contributed by atoms with E-state index >= 15 is 0 Å². The van der Waals surface area contributed by atoms with Gasteiger partial charge >= 0.3 is 5.69 Å². The summed E-state index contributed by atoms with van der Waals surface area (Å²) in [4.78, 5) is 12.8. The van der Waals surface area contributed by atoms with Crippen LogP contribution in [0.1, 0.15) is 31.4 Å². The van der Waals surface area contributed by atoms with E-state index in [1.807, 2.05) is 6.92 Å². The molecule has 3 aromatic rings. The van der Waals surface area contributed by atoms with Gasteiger partial charge < -0.3 is 10.2 Å². The summed E-state index contributed by atoms with van der Waals surface area (Å²) in [6.45, 7) is 1.99. The predicted molar refractivity (Wildman–Crippen MR) is 108 cm³/mol. The lowest BCUT2D eigenvalue weighted by atomic mass is 10.2. The average Bonchev–Trinajstić information content (AvgIpc) is 3.50. The standard InChI is InChI=1S/C20H21N3O5S/c1-2-13-6-10-17(11-7-13)29(27,28)21-14-4-3-5-16(12-14)23-19(25)18(24)22(20(23)26)15-8-9-15/h3-7,10-12,15,21,24-25H,2,8-9H2,1H3. The molecule has 0 radical (unpaired) electrons. The Labute approximate surface area is 167 Å². The van der Waals surface area contributed by atoms with Crippen LogP contribution in [0.3, 0.4) is 0 Å². The van der Waals surface area contributed by atoms with Gasteiger partial charge in [0.15, 0.2) is 0 Å². The third-order valence-corrected chi connectivity index (χ3v) is 6.35. The highest BCUT2D eigenvalue weighted by Crippen LogP contribution is 2.40. The Hall–Kier alpha value is -3.20. The summed E-state index contributed by atoms with van der Waals surface area (Å²) < 4.78 is 29.9. The molecular weight excluding hydrogens is 394 g/mol. The molecule has 0 saturated heterocycles. The van der Waals surface area contributed by atoms with E-state index in [4.69, 9.17) is 0 Å². The Morgan fingerprint density at radius 3 is 2.38 bits per heavy atom. The van der Waals surface area contributed by atoms with E-state index in [-0.39, 0.29) is 22.3 Å². The van der Waals surface area contributed by atoms with Gasteiger partial charge in [-0.15, -0.1) is 0 Å². The first-order valence-electron chi connectivity index (χ1n) is 9.29. The summed E-state index contributed by atoms with van der Waals surface area (Å²) >= 11 is 0. The number of anilines is 1. The number of aryl methyl sites for hydroxylation is 1. The van der Waals surface area contributed by atoms with Crippen molar-refractivity contribution in [3.05, 3.63) is 64.6 Å². The van der Waals surface area contributed by atoms with Crippen LogP contribution in [0.5, 0.6) is 11.8 Å². The minimum absolute atomic E-state index is 0.123. The fourth-order valence-corrected chi connectivity index (χ4v) is 4.27. The third-order valence-electron chi connectivity index (χ3n) is 4.95. The molecule has 0 unspecified atom stereocenters. The van der Waals surface area contributed by atoms with Gasteiger partial charge in [0.2, 0.25) is 0 Å². The van der Waals surface area contributed by atoms with Crippen LogP contribution in [0.2, 0.25) is 0 Å². The van der Waals surface area contributed by atoms with Gasteiger partial charge in [0.05, 0.1) is 16.3 Å². The summed E-state index contributed by atoms with van der Waals surface area (Å²) in [7, 11) is -3.82. The Morgan fingerprint density at radius 2 is 1.76 bits per heavy atom. The molecule has 1 heterocycles. The van der Waals surface area contributed by atoms with E-state index in [1.54, 1.807) is 30.3 Å². The van der Waals surface area contributed by atoms with E-state index in [9.17, 15) is 23.4 Å². The number of hydrogen-bond donors (Lipinski definition) is 3. The highest BCUT2D eigenvalue weighted by molar-refractivity contribution is 7.92. The van der Waals surface area contributed by atoms with Crippen LogP contribution in [-0.2, 0) is 16.4 Å². The smallest absolute Gasteiger partial charge is 0.338 e. The molecule has 1 fully saturated rings. The molecule has 1 aliphatic carbocycles. The Bertz CT molecular complexity index is 1220. The van der Waals surface area contributed by atoms with Crippen molar-refractivity contribution in [2.45, 2.75) is 37.1 Å². The summed E-state index contributed by atoms with van der Waals surface area (Å²) in [5.74, 6) is -1.06. The van der Waals surface area contributed by atoms with Crippen molar-refractivity contribution < 1.29 is 18.6 Å². The molecule has 0 atom stereocenters. The molecule has 4 rings (SSSR count). The Kier molecular flexibility index (Phi) is 4.62. The normalized spacial score (nSPS) is 14.1. The zero-order chi connectivity index (χ0) is 20.8. The first kappa shape index (κ1) is 19.1. The number of aromatic nitrogens is 2. The zero-order valence-corrected chi connectivity index (χ0v) is 16.6. The number of hydrogen-bond acceptors (Lipinski definition) is 5. The summed E-state index contributed by atoms with van der Waals surface area (Å²) in [6, 6.07) is 12.5. The lowest BCUT2D eigenvalue weighted by molar-refractivity contribution is 0.363. The minimum Gasteiger partial charge on any atom is -0.491 e. The molecule has 29 heavy (non-hydrogen) atoms. The van der Waals surface area contributed by atoms with Gasteiger partial charge in [0.25, 0.3) is 21.8 Å². The second kappa shape index (κ2) is 7.00. The number of nitrogens with zero attached hydrogens (tertiary/aromatic N) is 2. The highest BCUT2D eigenvalue weighted by Gasteiger charge is 2.32. The number of benzene rings is 2. The van der Waals surface area contributed by atoms with Crippen molar-refractivity contribution in [3.8, 4) is 17.4 Å². The molecule has 0 spiro atoms. The van der Waals surface area contributed by atoms with Crippen LogP contribution in [0.4, 0.5) is 5.69 Å². The summed E-state index contributed by atoms with van der Waals surface area (Å²) in [5.41, 5.74) is 0.925. The van der Waals surface area contributed by atoms with Crippen molar-refractivity contribution >= 4 is 15.7 Å². The van der Waals surface area contributed by atoms with Crippen LogP contribution in [0.15, 0.2) is 58.2 Å². The second-order valence-electron chi connectivity index (χ2n) is 7.02. The van der Waals surface area contributed by atoms with Crippen molar-refractivity contribution in [2.24, 2.45) is 0 Å². The molecule has 8 nitrogen and oxygen atoms in total. The van der Waals surface area contributed by atoms with Crippen molar-refractivity contribution in [1.29, 1.82) is 0 Å². The molecule has 0 aliphatic heterocycles. The van der Waals surface area contributed by atoms with Gasteiger partial charge in [-0.25, -0.2) is 17.8 Å². The van der Waals surface area contributed by atoms with E-state index < -0.39 is 27.5 Å². The maximum atomic E-state index is 12.7. The molecule has 1 saturated carbocycles. The van der Waals surface area contributed by atoms with E-state index in [1.165, 1.54) is 18.2 Å². The van der Waals surface area contributed by atoms with Crippen LogP contribution < -0.4 is 10.4 Å². The van der Waals surface area contributed by atoms with E-state index in [0.29, 0.717) is 0 Å². The monoisotopic (exact) mass is 415 g/mol. The fraction of sp³-hybridized carbons (Fsp3) is 0.250. The molecule has 9 heteroatoms. The third kappa shape index (κ3) is 3.49. The first-order chi connectivity index (χ1) is 13.8. The summed E-state index contributed by atoms with van der Waals surface area (Å²) in [6.07, 6.45) is 2.32. The van der Waals surface area contributed by atoms with Gasteiger partial charge in [-0.1, -0.05) is 25.1 Å². The number of nitrogens with one attached hydrogen (secondary N) is 1. The average molecular weight is 415 g/mol. The van der Waals surface area contributed by atoms with Crippen molar-refractivity contribution in [3.63, 3.8) is 0 Å². The summed E-state index contributed by atoms with van der Waals surface area (Å²) in [5, 5.41) is 20.3. The molecule has 0 amide bonds. The highest BCUT2D eigenvalue weighted by atomic mass is 32.2. The largest absolute Gasteiger partial charge is 0.491 e. The lowest BCUT2D eigenvalue weighted by Gasteiger charge is -2.10. The first-order valence-corrected chi connectivity index (χ1v) is 10.8. The van der Waals surface area contributed by atoms with Crippen LogP contribution >= 0.6 is 0 Å². The molecule has 152 valence electrons. The van der Waals surface area contributed by atoms with Crippen molar-refractivity contribution in [1.82, 2.24) is 9.13 Å². The molecular formula is C20H21N3O5S. The van der Waals surface area contributed by atoms with Gasteiger partial charge in [-0.3, -0.25) is 9.29 Å². The fourth-order valence-electron chi connectivity index (χ4n) is 3.22. The van der Waals surface area contributed by atoms with Crippen LogP contribution in [0.25, 0.3) is 5.69 Å². The predicted octanol–water partition coefficient (Wildman–Crippen LogP) is 2.75. The molecule has 1 aliphatic rings. The van der Waals surface area contributed by atoms with Gasteiger partial charge in [-0.05, 0) is 55.2 Å². The Morgan fingerprint density at radius 1 is 1.07 bits per heavy atom. The minimum atomic E-state index is -3.82. The second-order valence-corrected chi connectivity index (χ2v) is 8.70. The number of rotatable bonds is 6. The van der Waals surface area contributed by atoms with Gasteiger partial charge in [-0.2, -0.15) is 0 Å². The number of sulfonamides is 1. The SMILES string of the molecule is CCc1ccc(S(=O)(=O)Nc2cccc(-n3c(O)c(O)n(C4CC4)c3=O)c2)cc1. The quantitative estimate of drug-likeness (QED) is 0.573. The van der Waals surface area contributed by atoms with Gasteiger partial charge in [0, 0.05) is 6.04 Å². The maximum absolute atomic E-state index is 12.7.